The Hall–Kier alpha value is -4.22. The highest BCUT2D eigenvalue weighted by Crippen LogP contribution is 2.32. The highest BCUT2D eigenvalue weighted by atomic mass is 16.6. The van der Waals surface area contributed by atoms with Gasteiger partial charge in [0.2, 0.25) is 0 Å². The van der Waals surface area contributed by atoms with E-state index in [0.29, 0.717) is 25.7 Å². The molecule has 1 saturated carbocycles. The minimum Gasteiger partial charge on any atom is -0.465 e. The molecule has 12 heteroatoms. The van der Waals surface area contributed by atoms with E-state index in [9.17, 15) is 28.8 Å². The van der Waals surface area contributed by atoms with Crippen molar-refractivity contribution in [3.05, 3.63) is 48.6 Å². The monoisotopic (exact) mass is 648 g/mol. The maximum absolute atomic E-state index is 12.9. The highest BCUT2D eigenvalue weighted by molar-refractivity contribution is 5.88. The molecule has 0 N–H and O–H groups in total. The lowest BCUT2D eigenvalue weighted by molar-refractivity contribution is -0.166. The van der Waals surface area contributed by atoms with Gasteiger partial charge in [-0.1, -0.05) is 26.3 Å². The van der Waals surface area contributed by atoms with E-state index in [1.165, 1.54) is 27.7 Å². The molecule has 256 valence electrons. The number of esters is 6. The van der Waals surface area contributed by atoms with E-state index in [-0.39, 0.29) is 61.9 Å². The number of hydrogen-bond donors (Lipinski definition) is 0. The molecule has 0 spiro atoms. The number of hydrogen-bond acceptors (Lipinski definition) is 12. The Kier molecular flexibility index (Phi) is 15.6. The van der Waals surface area contributed by atoms with Gasteiger partial charge in [0.25, 0.3) is 0 Å². The number of ether oxygens (including phenoxy) is 6. The molecule has 0 amide bonds. The summed E-state index contributed by atoms with van der Waals surface area (Å²) in [4.78, 5) is 73.7. The largest absolute Gasteiger partial charge is 0.465 e. The molecule has 1 aliphatic rings. The van der Waals surface area contributed by atoms with Gasteiger partial charge in [0, 0.05) is 22.3 Å². The maximum atomic E-state index is 12.9. The summed E-state index contributed by atoms with van der Waals surface area (Å²) in [6.07, 6.45) is 1.48. The molecule has 0 aliphatic heterocycles. The summed E-state index contributed by atoms with van der Waals surface area (Å²) in [5.74, 6) is -4.44. The SMILES string of the molecule is C=C(C)C(=O)OCC(C)(COC(=O)C(=C)C)COC(=O)C1CCC(C(=O)OCC(C)(COC(=O)C(=C)C)COC(=O)C(=C)C)CC1. The van der Waals surface area contributed by atoms with E-state index in [0.717, 1.165) is 0 Å². The molecule has 0 aromatic heterocycles. The predicted molar refractivity (Wildman–Crippen MR) is 167 cm³/mol. The van der Waals surface area contributed by atoms with Gasteiger partial charge in [0.05, 0.1) is 22.7 Å². The summed E-state index contributed by atoms with van der Waals surface area (Å²) in [6.45, 7) is 22.3. The van der Waals surface area contributed by atoms with Crippen molar-refractivity contribution in [2.75, 3.05) is 39.6 Å². The Morgan fingerprint density at radius 1 is 0.457 bits per heavy atom. The zero-order chi connectivity index (χ0) is 35.2. The molecule has 1 fully saturated rings. The molecular formula is C34H48O12. The first-order chi connectivity index (χ1) is 21.3. The summed E-state index contributed by atoms with van der Waals surface area (Å²) in [5.41, 5.74) is -1.30. The third kappa shape index (κ3) is 13.8. The van der Waals surface area contributed by atoms with Crippen LogP contribution >= 0.6 is 0 Å². The number of carbonyl (C=O) groups excluding carboxylic acids is 6. The first kappa shape index (κ1) is 39.8. The van der Waals surface area contributed by atoms with Gasteiger partial charge in [-0.2, -0.15) is 0 Å². The Balaban J connectivity index is 2.74. The summed E-state index contributed by atoms with van der Waals surface area (Å²) < 4.78 is 32.1. The molecule has 12 nitrogen and oxygen atoms in total. The van der Waals surface area contributed by atoms with Crippen molar-refractivity contribution in [3.8, 4) is 0 Å². The van der Waals surface area contributed by atoms with Crippen molar-refractivity contribution in [2.24, 2.45) is 22.7 Å². The van der Waals surface area contributed by atoms with Crippen LogP contribution in [0.25, 0.3) is 0 Å². The molecule has 0 aromatic rings. The van der Waals surface area contributed by atoms with Crippen molar-refractivity contribution >= 4 is 35.8 Å². The smallest absolute Gasteiger partial charge is 0.333 e. The van der Waals surface area contributed by atoms with Gasteiger partial charge in [-0.05, 0) is 67.2 Å². The predicted octanol–water partition coefficient (Wildman–Crippen LogP) is 4.37. The summed E-state index contributed by atoms with van der Waals surface area (Å²) >= 11 is 0. The zero-order valence-electron chi connectivity index (χ0n) is 28.0. The van der Waals surface area contributed by atoms with E-state index in [1.54, 1.807) is 13.8 Å². The fourth-order valence-corrected chi connectivity index (χ4v) is 3.99. The van der Waals surface area contributed by atoms with Gasteiger partial charge in [-0.3, -0.25) is 9.59 Å². The molecule has 0 unspecified atom stereocenters. The van der Waals surface area contributed by atoms with Crippen LogP contribution in [0, 0.1) is 22.7 Å². The topological polar surface area (TPSA) is 158 Å². The van der Waals surface area contributed by atoms with Gasteiger partial charge in [-0.25, -0.2) is 19.2 Å². The van der Waals surface area contributed by atoms with E-state index >= 15 is 0 Å². The molecule has 0 atom stereocenters. The van der Waals surface area contributed by atoms with Crippen LogP contribution in [-0.4, -0.2) is 75.5 Å². The molecule has 0 bridgehead atoms. The van der Waals surface area contributed by atoms with Crippen LogP contribution in [0.2, 0.25) is 0 Å². The van der Waals surface area contributed by atoms with E-state index in [2.05, 4.69) is 26.3 Å². The fraction of sp³-hybridized carbons (Fsp3) is 0.588. The summed E-state index contributed by atoms with van der Waals surface area (Å²) in [5, 5.41) is 0. The molecule has 1 rings (SSSR count). The molecule has 46 heavy (non-hydrogen) atoms. The lowest BCUT2D eigenvalue weighted by Crippen LogP contribution is -2.39. The molecule has 0 heterocycles. The molecule has 0 saturated heterocycles. The third-order valence-corrected chi connectivity index (χ3v) is 7.12. The van der Waals surface area contributed by atoms with Crippen LogP contribution in [-0.2, 0) is 57.2 Å². The molecular weight excluding hydrogens is 600 g/mol. The normalized spacial score (nSPS) is 16.2. The lowest BCUT2D eigenvalue weighted by atomic mass is 9.82. The first-order valence-electron chi connectivity index (χ1n) is 14.9. The van der Waals surface area contributed by atoms with Gasteiger partial charge < -0.3 is 28.4 Å². The standard InChI is InChI=1S/C34H48O12/c1-21(2)27(35)41-15-33(9,16-42-28(36)22(3)4)19-45-31(39)25-11-13-26(14-12-25)32(40)46-20-34(10,17-43-29(37)23(5)6)18-44-30(38)24(7)8/h25-26H,1,3,5,7,11-20H2,2,4,6,8-10H3. The van der Waals surface area contributed by atoms with Crippen molar-refractivity contribution in [3.63, 3.8) is 0 Å². The Bertz CT molecular complexity index is 1060. The van der Waals surface area contributed by atoms with Crippen LogP contribution in [0.4, 0.5) is 0 Å². The van der Waals surface area contributed by atoms with Gasteiger partial charge in [-0.15, -0.1) is 0 Å². The van der Waals surface area contributed by atoms with Crippen molar-refractivity contribution in [2.45, 2.75) is 67.2 Å². The lowest BCUT2D eigenvalue weighted by Gasteiger charge is -2.31. The van der Waals surface area contributed by atoms with Crippen LogP contribution < -0.4 is 0 Å². The van der Waals surface area contributed by atoms with Crippen LogP contribution in [0.3, 0.4) is 0 Å². The van der Waals surface area contributed by atoms with E-state index in [1.807, 2.05) is 0 Å². The highest BCUT2D eigenvalue weighted by Gasteiger charge is 2.37. The third-order valence-electron chi connectivity index (χ3n) is 7.12. The Labute approximate surface area is 271 Å². The number of carbonyl (C=O) groups is 6. The summed E-state index contributed by atoms with van der Waals surface area (Å²) in [7, 11) is 0. The summed E-state index contributed by atoms with van der Waals surface area (Å²) in [6, 6.07) is 0. The van der Waals surface area contributed by atoms with E-state index < -0.39 is 58.5 Å². The van der Waals surface area contributed by atoms with E-state index in [4.69, 9.17) is 28.4 Å². The molecule has 0 radical (unpaired) electrons. The first-order valence-corrected chi connectivity index (χ1v) is 14.9. The maximum Gasteiger partial charge on any atom is 0.333 e. The minimum absolute atomic E-state index is 0.189. The average Bonchev–Trinajstić information content (AvgIpc) is 3.01. The Morgan fingerprint density at radius 3 is 0.848 bits per heavy atom. The average molecular weight is 649 g/mol. The van der Waals surface area contributed by atoms with Gasteiger partial charge in [0.1, 0.15) is 39.6 Å². The zero-order valence-corrected chi connectivity index (χ0v) is 28.0. The minimum atomic E-state index is -1.03. The van der Waals surface area contributed by atoms with Crippen molar-refractivity contribution in [1.82, 2.24) is 0 Å². The quantitative estimate of drug-likeness (QED) is 0.118. The second-order valence-electron chi connectivity index (χ2n) is 12.8. The van der Waals surface area contributed by atoms with Crippen LogP contribution in [0.5, 0.6) is 0 Å². The Morgan fingerprint density at radius 2 is 0.652 bits per heavy atom. The van der Waals surface area contributed by atoms with Crippen LogP contribution in [0.1, 0.15) is 67.2 Å². The van der Waals surface area contributed by atoms with Crippen molar-refractivity contribution < 1.29 is 57.2 Å². The molecule has 0 aromatic carbocycles. The van der Waals surface area contributed by atoms with Gasteiger partial charge >= 0.3 is 35.8 Å². The molecule has 1 aliphatic carbocycles. The second kappa shape index (κ2) is 18.1. The van der Waals surface area contributed by atoms with Gasteiger partial charge in [0.15, 0.2) is 0 Å². The van der Waals surface area contributed by atoms with Crippen LogP contribution in [0.15, 0.2) is 48.6 Å². The number of rotatable bonds is 18. The second-order valence-corrected chi connectivity index (χ2v) is 12.8. The fourth-order valence-electron chi connectivity index (χ4n) is 3.99. The van der Waals surface area contributed by atoms with Crippen molar-refractivity contribution in [1.29, 1.82) is 0 Å².